The van der Waals surface area contributed by atoms with Gasteiger partial charge in [-0.25, -0.2) is 0 Å². The number of anilines is 1. The van der Waals surface area contributed by atoms with Crippen LogP contribution in [0.25, 0.3) is 21.9 Å². The summed E-state index contributed by atoms with van der Waals surface area (Å²) in [5.74, 6) is 0. The van der Waals surface area contributed by atoms with Gasteiger partial charge in [-0.2, -0.15) is 0 Å². The lowest BCUT2D eigenvalue weighted by Gasteiger charge is -1.89. The lowest BCUT2D eigenvalue weighted by atomic mass is 10.2. The number of furan rings is 2. The van der Waals surface area contributed by atoms with Crippen molar-refractivity contribution in [1.29, 1.82) is 0 Å². The molecule has 0 aliphatic rings. The maximum Gasteiger partial charge on any atom is 0.139 e. The molecule has 3 aromatic rings. The summed E-state index contributed by atoms with van der Waals surface area (Å²) in [6, 6.07) is 5.72. The summed E-state index contributed by atoms with van der Waals surface area (Å²) in [7, 11) is 0. The van der Waals surface area contributed by atoms with E-state index in [0.717, 1.165) is 21.9 Å². The summed E-state index contributed by atoms with van der Waals surface area (Å²) in [6.07, 6.45) is 3.20. The minimum atomic E-state index is 0.665. The first-order valence-corrected chi connectivity index (χ1v) is 3.98. The molecule has 3 heteroatoms. The molecule has 0 amide bonds. The first kappa shape index (κ1) is 6.60. The van der Waals surface area contributed by atoms with Crippen LogP contribution in [0, 0.1) is 0 Å². The largest absolute Gasteiger partial charge is 0.464 e. The van der Waals surface area contributed by atoms with Gasteiger partial charge in [0, 0.05) is 16.8 Å². The number of fused-ring (bicyclic) bond motifs is 2. The molecule has 2 N–H and O–H groups in total. The predicted octanol–water partition coefficient (Wildman–Crippen LogP) is 2.76. The lowest BCUT2D eigenvalue weighted by molar-refractivity contribution is 0.605. The second-order valence-electron chi connectivity index (χ2n) is 3.00. The van der Waals surface area contributed by atoms with Gasteiger partial charge in [0.2, 0.25) is 0 Å². The number of nitrogens with two attached hydrogens (primary N) is 1. The van der Waals surface area contributed by atoms with Crippen LogP contribution in [0.3, 0.4) is 0 Å². The van der Waals surface area contributed by atoms with Gasteiger partial charge < -0.3 is 14.6 Å². The van der Waals surface area contributed by atoms with Gasteiger partial charge in [-0.15, -0.1) is 0 Å². The molecule has 0 aliphatic heterocycles. The summed E-state index contributed by atoms with van der Waals surface area (Å²) in [6.45, 7) is 0. The van der Waals surface area contributed by atoms with Crippen molar-refractivity contribution in [3.63, 3.8) is 0 Å². The highest BCUT2D eigenvalue weighted by molar-refractivity contribution is 5.99. The van der Waals surface area contributed by atoms with Crippen molar-refractivity contribution in [2.45, 2.75) is 0 Å². The van der Waals surface area contributed by atoms with Crippen molar-refractivity contribution < 1.29 is 8.83 Å². The molecule has 0 bridgehead atoms. The SMILES string of the molecule is Nc1coc2cc3occc3cc12. The second-order valence-corrected chi connectivity index (χ2v) is 3.00. The standard InChI is InChI=1S/C10H7NO2/c11-8-5-13-10-4-9-6(1-2-12-9)3-7(8)10/h1-5H,11H2. The third-order valence-corrected chi connectivity index (χ3v) is 2.18. The average molecular weight is 173 g/mol. The van der Waals surface area contributed by atoms with Crippen LogP contribution in [0.2, 0.25) is 0 Å². The second kappa shape index (κ2) is 2.07. The number of nitrogen functional groups attached to an aromatic ring is 1. The van der Waals surface area contributed by atoms with Gasteiger partial charge in [0.1, 0.15) is 17.4 Å². The zero-order valence-electron chi connectivity index (χ0n) is 6.78. The molecule has 0 fully saturated rings. The highest BCUT2D eigenvalue weighted by atomic mass is 16.3. The molecule has 1 aromatic carbocycles. The lowest BCUT2D eigenvalue weighted by Crippen LogP contribution is -1.79. The molecule has 0 aliphatic carbocycles. The molecular formula is C10H7NO2. The van der Waals surface area contributed by atoms with E-state index in [2.05, 4.69) is 0 Å². The summed E-state index contributed by atoms with van der Waals surface area (Å²) >= 11 is 0. The Kier molecular flexibility index (Phi) is 1.05. The van der Waals surface area contributed by atoms with Crippen molar-refractivity contribution in [3.05, 3.63) is 30.7 Å². The maximum absolute atomic E-state index is 5.71. The smallest absolute Gasteiger partial charge is 0.139 e. The van der Waals surface area contributed by atoms with E-state index in [9.17, 15) is 0 Å². The van der Waals surface area contributed by atoms with Crippen LogP contribution in [0.1, 0.15) is 0 Å². The van der Waals surface area contributed by atoms with E-state index >= 15 is 0 Å². The number of hydrogen-bond donors (Lipinski definition) is 1. The Bertz CT molecular complexity index is 577. The van der Waals surface area contributed by atoms with Crippen LogP contribution < -0.4 is 5.73 Å². The van der Waals surface area contributed by atoms with Crippen LogP contribution in [0.4, 0.5) is 5.69 Å². The Morgan fingerprint density at radius 3 is 2.92 bits per heavy atom. The molecule has 3 rings (SSSR count). The highest BCUT2D eigenvalue weighted by Gasteiger charge is 2.05. The van der Waals surface area contributed by atoms with Gasteiger partial charge in [0.15, 0.2) is 0 Å². The Balaban J connectivity index is 2.59. The van der Waals surface area contributed by atoms with Gasteiger partial charge in [0.05, 0.1) is 12.0 Å². The van der Waals surface area contributed by atoms with Crippen molar-refractivity contribution in [2.24, 2.45) is 0 Å². The van der Waals surface area contributed by atoms with Crippen molar-refractivity contribution in [1.82, 2.24) is 0 Å². The molecule has 0 unspecified atom stereocenters. The van der Waals surface area contributed by atoms with Crippen molar-refractivity contribution >= 4 is 27.6 Å². The number of rotatable bonds is 0. The molecule has 2 aromatic heterocycles. The number of hydrogen-bond acceptors (Lipinski definition) is 3. The van der Waals surface area contributed by atoms with Crippen LogP contribution in [0.5, 0.6) is 0 Å². The van der Waals surface area contributed by atoms with Crippen LogP contribution in [-0.4, -0.2) is 0 Å². The first-order valence-electron chi connectivity index (χ1n) is 3.98. The Morgan fingerprint density at radius 2 is 2.00 bits per heavy atom. The van der Waals surface area contributed by atoms with Crippen molar-refractivity contribution in [2.75, 3.05) is 5.73 Å². The van der Waals surface area contributed by atoms with E-state index in [0.29, 0.717) is 5.69 Å². The monoisotopic (exact) mass is 173 g/mol. The topological polar surface area (TPSA) is 52.3 Å². The zero-order chi connectivity index (χ0) is 8.84. The summed E-state index contributed by atoms with van der Waals surface area (Å²) in [5, 5.41) is 1.98. The molecule has 0 saturated carbocycles. The molecule has 2 heterocycles. The van der Waals surface area contributed by atoms with Crippen LogP contribution in [-0.2, 0) is 0 Å². The summed E-state index contributed by atoms with van der Waals surface area (Å²) < 4.78 is 10.5. The average Bonchev–Trinajstić information content (AvgIpc) is 2.70. The van der Waals surface area contributed by atoms with Gasteiger partial charge >= 0.3 is 0 Å². The molecular weight excluding hydrogens is 166 g/mol. The minimum absolute atomic E-state index is 0.665. The molecule has 0 radical (unpaired) electrons. The maximum atomic E-state index is 5.71. The van der Waals surface area contributed by atoms with Gasteiger partial charge in [0.25, 0.3) is 0 Å². The molecule has 64 valence electrons. The minimum Gasteiger partial charge on any atom is -0.464 e. The van der Waals surface area contributed by atoms with Gasteiger partial charge in [-0.3, -0.25) is 0 Å². The predicted molar refractivity (Wildman–Crippen MR) is 50.4 cm³/mol. The normalized spacial score (nSPS) is 11.4. The Hall–Kier alpha value is -1.90. The highest BCUT2D eigenvalue weighted by Crippen LogP contribution is 2.28. The van der Waals surface area contributed by atoms with E-state index in [1.807, 2.05) is 18.2 Å². The van der Waals surface area contributed by atoms with Crippen LogP contribution >= 0.6 is 0 Å². The fourth-order valence-corrected chi connectivity index (χ4v) is 1.50. The van der Waals surface area contributed by atoms with E-state index < -0.39 is 0 Å². The summed E-state index contributed by atoms with van der Waals surface area (Å²) in [5.41, 5.74) is 7.96. The molecule has 3 nitrogen and oxygen atoms in total. The van der Waals surface area contributed by atoms with E-state index in [1.54, 1.807) is 12.5 Å². The number of benzene rings is 1. The third kappa shape index (κ3) is 0.783. The Labute approximate surface area is 73.7 Å². The molecule has 0 spiro atoms. The molecule has 0 atom stereocenters. The van der Waals surface area contributed by atoms with E-state index in [4.69, 9.17) is 14.6 Å². The van der Waals surface area contributed by atoms with Crippen molar-refractivity contribution in [3.8, 4) is 0 Å². The third-order valence-electron chi connectivity index (χ3n) is 2.18. The van der Waals surface area contributed by atoms with Gasteiger partial charge in [-0.1, -0.05) is 0 Å². The fraction of sp³-hybridized carbons (Fsp3) is 0. The Morgan fingerprint density at radius 1 is 1.08 bits per heavy atom. The fourth-order valence-electron chi connectivity index (χ4n) is 1.50. The van der Waals surface area contributed by atoms with Gasteiger partial charge in [-0.05, 0) is 12.1 Å². The van der Waals surface area contributed by atoms with E-state index in [-0.39, 0.29) is 0 Å². The van der Waals surface area contributed by atoms with E-state index in [1.165, 1.54) is 0 Å². The molecule has 0 saturated heterocycles. The zero-order valence-corrected chi connectivity index (χ0v) is 6.78. The summed E-state index contributed by atoms with van der Waals surface area (Å²) in [4.78, 5) is 0. The quantitative estimate of drug-likeness (QED) is 0.568. The first-order chi connectivity index (χ1) is 6.34. The molecule has 13 heavy (non-hydrogen) atoms. The van der Waals surface area contributed by atoms with Crippen LogP contribution in [0.15, 0.2) is 39.6 Å².